The third-order valence-corrected chi connectivity index (χ3v) is 4.94. The monoisotopic (exact) mass is 467 g/mol. The van der Waals surface area contributed by atoms with Crippen LogP contribution in [-0.4, -0.2) is 24.9 Å². The molecular weight excluding hydrogens is 453 g/mol. The van der Waals surface area contributed by atoms with Gasteiger partial charge in [0.1, 0.15) is 11.5 Å². The first-order valence-corrected chi connectivity index (χ1v) is 10.1. The summed E-state index contributed by atoms with van der Waals surface area (Å²) in [6.07, 6.45) is 1.56. The van der Waals surface area contributed by atoms with Crippen LogP contribution in [0.5, 0.6) is 11.5 Å². The summed E-state index contributed by atoms with van der Waals surface area (Å²) in [5.41, 5.74) is 1.60. The van der Waals surface area contributed by atoms with Gasteiger partial charge >= 0.3 is 11.9 Å². The molecule has 160 valence electrons. The topological polar surface area (TPSA) is 74.2 Å². The third kappa shape index (κ3) is 4.82. The maximum atomic E-state index is 12.3. The van der Waals surface area contributed by atoms with Gasteiger partial charge < -0.3 is 14.2 Å². The summed E-state index contributed by atoms with van der Waals surface area (Å²) < 4.78 is 15.9. The number of hydrogen-bond acceptors (Lipinski definition) is 6. The Bertz CT molecular complexity index is 1270. The van der Waals surface area contributed by atoms with Crippen LogP contribution in [0.25, 0.3) is 6.08 Å². The highest BCUT2D eigenvalue weighted by Gasteiger charge is 2.26. The van der Waals surface area contributed by atoms with Gasteiger partial charge in [0.15, 0.2) is 5.70 Å². The van der Waals surface area contributed by atoms with Crippen molar-refractivity contribution >= 4 is 47.1 Å². The number of carbonyl (C=O) groups is 2. The van der Waals surface area contributed by atoms with Gasteiger partial charge in [0.2, 0.25) is 5.90 Å². The highest BCUT2D eigenvalue weighted by molar-refractivity contribution is 6.31. The molecule has 0 atom stereocenters. The van der Waals surface area contributed by atoms with Gasteiger partial charge in [0, 0.05) is 10.0 Å². The van der Waals surface area contributed by atoms with Crippen LogP contribution in [0.2, 0.25) is 10.0 Å². The quantitative estimate of drug-likeness (QED) is 0.278. The number of nitrogens with zero attached hydrogens (tertiary/aromatic N) is 1. The van der Waals surface area contributed by atoms with E-state index in [0.717, 1.165) is 0 Å². The van der Waals surface area contributed by atoms with Gasteiger partial charge in [0.05, 0.1) is 18.2 Å². The van der Waals surface area contributed by atoms with Crippen LogP contribution in [0.1, 0.15) is 21.5 Å². The number of carbonyl (C=O) groups excluding carboxylic acids is 2. The number of rotatable bonds is 5. The minimum Gasteiger partial charge on any atom is -0.496 e. The predicted octanol–water partition coefficient (Wildman–Crippen LogP) is 5.57. The normalized spacial score (nSPS) is 14.2. The summed E-state index contributed by atoms with van der Waals surface area (Å²) in [4.78, 5) is 28.8. The van der Waals surface area contributed by atoms with Gasteiger partial charge in [-0.3, -0.25) is 0 Å². The molecular formula is C24H15Cl2NO5. The van der Waals surface area contributed by atoms with Crippen LogP contribution in [0, 0.1) is 0 Å². The number of cyclic esters (lactones) is 1. The molecule has 0 radical (unpaired) electrons. The molecule has 1 aliphatic heterocycles. The van der Waals surface area contributed by atoms with Crippen LogP contribution in [0.15, 0.2) is 77.4 Å². The first kappa shape index (κ1) is 21.6. The molecule has 0 aliphatic carbocycles. The van der Waals surface area contributed by atoms with E-state index in [0.29, 0.717) is 38.2 Å². The molecule has 1 heterocycles. The van der Waals surface area contributed by atoms with E-state index in [1.165, 1.54) is 13.2 Å². The van der Waals surface area contributed by atoms with Gasteiger partial charge in [-0.15, -0.1) is 0 Å². The Morgan fingerprint density at radius 3 is 2.47 bits per heavy atom. The van der Waals surface area contributed by atoms with Crippen LogP contribution in [-0.2, 0) is 9.53 Å². The summed E-state index contributed by atoms with van der Waals surface area (Å²) >= 11 is 11.9. The molecule has 0 aromatic heterocycles. The van der Waals surface area contributed by atoms with Crippen LogP contribution >= 0.6 is 23.2 Å². The zero-order chi connectivity index (χ0) is 22.7. The third-order valence-electron chi connectivity index (χ3n) is 4.47. The van der Waals surface area contributed by atoms with Crippen molar-refractivity contribution in [3.63, 3.8) is 0 Å². The SMILES string of the molecule is COc1ccc(Cl)cc1C1=N/C(=C\c2ccc(OC(=O)c3cccc(Cl)c3)cc2)C(=O)O1. The second-order valence-corrected chi connectivity index (χ2v) is 7.52. The lowest BCUT2D eigenvalue weighted by molar-refractivity contribution is -0.129. The first-order valence-electron chi connectivity index (χ1n) is 9.37. The Hall–Kier alpha value is -3.61. The van der Waals surface area contributed by atoms with E-state index in [4.69, 9.17) is 37.4 Å². The summed E-state index contributed by atoms with van der Waals surface area (Å²) in [5.74, 6) is -0.194. The van der Waals surface area contributed by atoms with Gasteiger partial charge in [0.25, 0.3) is 0 Å². The number of benzene rings is 3. The standard InChI is InChI=1S/C24H15Cl2NO5/c1-30-21-10-7-17(26)13-19(21)22-27-20(24(29)32-22)11-14-5-8-18(9-6-14)31-23(28)15-3-2-4-16(25)12-15/h2-13H,1H3/b20-11-. The van der Waals surface area contributed by atoms with E-state index in [-0.39, 0.29) is 11.6 Å². The Balaban J connectivity index is 1.52. The van der Waals surface area contributed by atoms with Crippen molar-refractivity contribution in [2.24, 2.45) is 4.99 Å². The largest absolute Gasteiger partial charge is 0.496 e. The molecule has 0 saturated carbocycles. The maximum Gasteiger partial charge on any atom is 0.363 e. The maximum absolute atomic E-state index is 12.3. The lowest BCUT2D eigenvalue weighted by Gasteiger charge is -2.07. The van der Waals surface area contributed by atoms with Crippen molar-refractivity contribution in [2.75, 3.05) is 7.11 Å². The molecule has 0 bridgehead atoms. The van der Waals surface area contributed by atoms with Crippen LogP contribution < -0.4 is 9.47 Å². The molecule has 0 unspecified atom stereocenters. The van der Waals surface area contributed by atoms with E-state index in [2.05, 4.69) is 4.99 Å². The molecule has 0 saturated heterocycles. The summed E-state index contributed by atoms with van der Waals surface area (Å²) in [6.45, 7) is 0. The molecule has 0 fully saturated rings. The van der Waals surface area contributed by atoms with Crippen molar-refractivity contribution in [3.8, 4) is 11.5 Å². The molecule has 0 amide bonds. The van der Waals surface area contributed by atoms with Crippen LogP contribution in [0.3, 0.4) is 0 Å². The van der Waals surface area contributed by atoms with E-state index in [1.54, 1.807) is 66.7 Å². The highest BCUT2D eigenvalue weighted by atomic mass is 35.5. The number of methoxy groups -OCH3 is 1. The van der Waals surface area contributed by atoms with Crippen molar-refractivity contribution in [3.05, 3.63) is 99.2 Å². The fourth-order valence-corrected chi connectivity index (χ4v) is 3.31. The Morgan fingerprint density at radius 1 is 1.00 bits per heavy atom. The Kier molecular flexibility index (Phi) is 6.25. The molecule has 1 aliphatic rings. The van der Waals surface area contributed by atoms with Crippen molar-refractivity contribution in [1.82, 2.24) is 0 Å². The van der Waals surface area contributed by atoms with E-state index in [1.807, 2.05) is 0 Å². The minimum absolute atomic E-state index is 0.104. The average Bonchev–Trinajstić information content (AvgIpc) is 3.15. The lowest BCUT2D eigenvalue weighted by atomic mass is 10.2. The van der Waals surface area contributed by atoms with E-state index in [9.17, 15) is 9.59 Å². The Labute approximate surface area is 193 Å². The number of hydrogen-bond donors (Lipinski definition) is 0. The summed E-state index contributed by atoms with van der Waals surface area (Å²) in [7, 11) is 1.50. The van der Waals surface area contributed by atoms with Gasteiger partial charge in [-0.1, -0.05) is 41.4 Å². The van der Waals surface area contributed by atoms with Gasteiger partial charge in [-0.05, 0) is 60.2 Å². The molecule has 3 aromatic carbocycles. The number of aliphatic imine (C=N–C) groups is 1. The predicted molar refractivity (Wildman–Crippen MR) is 121 cm³/mol. The lowest BCUT2D eigenvalue weighted by Crippen LogP contribution is -2.08. The number of ether oxygens (including phenoxy) is 3. The molecule has 8 heteroatoms. The van der Waals surface area contributed by atoms with Crippen molar-refractivity contribution < 1.29 is 23.8 Å². The summed E-state index contributed by atoms with van der Waals surface area (Å²) in [6, 6.07) is 18.0. The van der Waals surface area contributed by atoms with Crippen molar-refractivity contribution in [1.29, 1.82) is 0 Å². The smallest absolute Gasteiger partial charge is 0.363 e. The van der Waals surface area contributed by atoms with Crippen LogP contribution in [0.4, 0.5) is 0 Å². The first-order chi connectivity index (χ1) is 15.4. The molecule has 3 aromatic rings. The Morgan fingerprint density at radius 2 is 1.75 bits per heavy atom. The number of halogens is 2. The molecule has 0 N–H and O–H groups in total. The second kappa shape index (κ2) is 9.26. The molecule has 4 rings (SSSR count). The van der Waals surface area contributed by atoms with Crippen molar-refractivity contribution in [2.45, 2.75) is 0 Å². The fourth-order valence-electron chi connectivity index (χ4n) is 2.94. The summed E-state index contributed by atoms with van der Waals surface area (Å²) in [5, 5.41) is 0.903. The molecule has 6 nitrogen and oxygen atoms in total. The molecule has 32 heavy (non-hydrogen) atoms. The van der Waals surface area contributed by atoms with Gasteiger partial charge in [-0.25, -0.2) is 14.6 Å². The van der Waals surface area contributed by atoms with Gasteiger partial charge in [-0.2, -0.15) is 0 Å². The highest BCUT2D eigenvalue weighted by Crippen LogP contribution is 2.28. The zero-order valence-electron chi connectivity index (χ0n) is 16.7. The average molecular weight is 468 g/mol. The van der Waals surface area contributed by atoms with E-state index < -0.39 is 11.9 Å². The fraction of sp³-hybridized carbons (Fsp3) is 0.0417. The zero-order valence-corrected chi connectivity index (χ0v) is 18.2. The minimum atomic E-state index is -0.599. The second-order valence-electron chi connectivity index (χ2n) is 6.65. The number of esters is 2. The van der Waals surface area contributed by atoms with E-state index >= 15 is 0 Å². The molecule has 0 spiro atoms.